The number of methoxy groups -OCH3 is 1. The van der Waals surface area contributed by atoms with E-state index >= 15 is 0 Å². The molecule has 1 fully saturated rings. The average molecular weight is 467 g/mol. The summed E-state index contributed by atoms with van der Waals surface area (Å²) in [5, 5.41) is 6.47. The molecule has 8 nitrogen and oxygen atoms in total. The summed E-state index contributed by atoms with van der Waals surface area (Å²) >= 11 is 6.09. The van der Waals surface area contributed by atoms with Crippen LogP contribution in [0.2, 0.25) is 5.02 Å². The van der Waals surface area contributed by atoms with E-state index in [-0.39, 0.29) is 10.8 Å². The van der Waals surface area contributed by atoms with Gasteiger partial charge in [-0.3, -0.25) is 9.52 Å². The second-order valence-corrected chi connectivity index (χ2v) is 9.32. The van der Waals surface area contributed by atoms with Crippen molar-refractivity contribution in [3.05, 3.63) is 52.5 Å². The molecule has 3 N–H and O–H groups in total. The van der Waals surface area contributed by atoms with Gasteiger partial charge in [-0.05, 0) is 42.8 Å². The second-order valence-electron chi connectivity index (χ2n) is 7.23. The molecule has 0 aromatic heterocycles. The highest BCUT2D eigenvalue weighted by molar-refractivity contribution is 7.92. The van der Waals surface area contributed by atoms with Crippen LogP contribution in [0.25, 0.3) is 0 Å². The van der Waals surface area contributed by atoms with Crippen molar-refractivity contribution in [1.29, 1.82) is 0 Å². The number of ether oxygens (including phenoxy) is 1. The summed E-state index contributed by atoms with van der Waals surface area (Å²) in [6.07, 6.45) is 0. The van der Waals surface area contributed by atoms with Crippen molar-refractivity contribution < 1.29 is 17.9 Å². The van der Waals surface area contributed by atoms with Gasteiger partial charge in [0.15, 0.2) is 0 Å². The van der Waals surface area contributed by atoms with E-state index in [1.165, 1.54) is 12.1 Å². The number of halogens is 1. The third-order valence-corrected chi connectivity index (χ3v) is 6.78. The molecule has 0 spiro atoms. The Morgan fingerprint density at radius 1 is 1.19 bits per heavy atom. The van der Waals surface area contributed by atoms with Gasteiger partial charge in [-0.15, -0.1) is 0 Å². The maximum atomic E-state index is 12.8. The Kier molecular flexibility index (Phi) is 7.77. The highest BCUT2D eigenvalue weighted by Crippen LogP contribution is 2.27. The van der Waals surface area contributed by atoms with Crippen molar-refractivity contribution in [1.82, 2.24) is 10.6 Å². The van der Waals surface area contributed by atoms with Gasteiger partial charge in [0.1, 0.15) is 0 Å². The van der Waals surface area contributed by atoms with Crippen LogP contribution in [0.1, 0.15) is 15.9 Å². The Hall–Kier alpha value is -2.33. The molecule has 2 aromatic rings. The topological polar surface area (TPSA) is 99.8 Å². The van der Waals surface area contributed by atoms with Gasteiger partial charge in [0.25, 0.3) is 15.9 Å². The minimum Gasteiger partial charge on any atom is -0.383 e. The van der Waals surface area contributed by atoms with E-state index in [1.807, 2.05) is 0 Å². The summed E-state index contributed by atoms with van der Waals surface area (Å²) in [5.74, 6) is -0.287. The van der Waals surface area contributed by atoms with Crippen LogP contribution in [0.3, 0.4) is 0 Å². The quantitative estimate of drug-likeness (QED) is 0.516. The normalized spacial score (nSPS) is 14.4. The Morgan fingerprint density at radius 3 is 2.61 bits per heavy atom. The third-order valence-electron chi connectivity index (χ3n) is 5.00. The van der Waals surface area contributed by atoms with E-state index in [0.717, 1.165) is 37.4 Å². The molecular formula is C21H27ClN4O4S. The summed E-state index contributed by atoms with van der Waals surface area (Å²) in [6, 6.07) is 9.56. The highest BCUT2D eigenvalue weighted by atomic mass is 35.5. The van der Waals surface area contributed by atoms with Gasteiger partial charge in [0, 0.05) is 56.2 Å². The summed E-state index contributed by atoms with van der Waals surface area (Å²) in [5.41, 5.74) is 2.25. The highest BCUT2D eigenvalue weighted by Gasteiger charge is 2.21. The number of rotatable bonds is 8. The Balaban J connectivity index is 1.90. The molecule has 1 aliphatic rings. The van der Waals surface area contributed by atoms with Crippen LogP contribution < -0.4 is 20.3 Å². The molecule has 1 saturated heterocycles. The molecule has 31 heavy (non-hydrogen) atoms. The van der Waals surface area contributed by atoms with Crippen molar-refractivity contribution in [3.8, 4) is 0 Å². The number of nitrogens with one attached hydrogen (secondary N) is 3. The van der Waals surface area contributed by atoms with Crippen molar-refractivity contribution in [2.45, 2.75) is 11.8 Å². The fourth-order valence-corrected chi connectivity index (χ4v) is 4.60. The lowest BCUT2D eigenvalue weighted by atomic mass is 10.1. The van der Waals surface area contributed by atoms with Crippen LogP contribution in [0.15, 0.2) is 41.3 Å². The number of carbonyl (C=O) groups is 1. The molecule has 168 valence electrons. The molecule has 1 heterocycles. The zero-order chi connectivity index (χ0) is 22.4. The van der Waals surface area contributed by atoms with Gasteiger partial charge in [-0.1, -0.05) is 17.7 Å². The number of amides is 1. The van der Waals surface area contributed by atoms with Crippen molar-refractivity contribution in [2.75, 3.05) is 56.1 Å². The molecule has 0 aliphatic carbocycles. The van der Waals surface area contributed by atoms with Crippen molar-refractivity contribution in [2.24, 2.45) is 0 Å². The van der Waals surface area contributed by atoms with Crippen molar-refractivity contribution >= 4 is 38.9 Å². The molecule has 1 aliphatic heterocycles. The lowest BCUT2D eigenvalue weighted by Crippen LogP contribution is -2.44. The number of piperazine rings is 1. The predicted octanol–water partition coefficient (Wildman–Crippen LogP) is 2.24. The standard InChI is InChI=1S/C21H27ClN4O4S/c1-15-3-5-17(14-19(15)22)31(28,29)25-16-4-6-20(26-10-7-23-8-11-26)18(13-16)21(27)24-9-12-30-2/h3-6,13-14,23,25H,7-12H2,1-2H3,(H,24,27). The van der Waals surface area contributed by atoms with Gasteiger partial charge in [-0.2, -0.15) is 0 Å². The molecule has 0 radical (unpaired) electrons. The second kappa shape index (κ2) is 10.3. The average Bonchev–Trinajstić information content (AvgIpc) is 2.76. The molecule has 0 bridgehead atoms. The SMILES string of the molecule is COCCNC(=O)c1cc(NS(=O)(=O)c2ccc(C)c(Cl)c2)ccc1N1CCNCC1. The van der Waals surface area contributed by atoms with Gasteiger partial charge in [0.2, 0.25) is 0 Å². The van der Waals surface area contributed by atoms with Crippen LogP contribution in [0, 0.1) is 6.92 Å². The summed E-state index contributed by atoms with van der Waals surface area (Å²) < 4.78 is 33.2. The van der Waals surface area contributed by atoms with Gasteiger partial charge >= 0.3 is 0 Å². The minimum absolute atomic E-state index is 0.0559. The lowest BCUT2D eigenvalue weighted by molar-refractivity contribution is 0.0937. The smallest absolute Gasteiger partial charge is 0.261 e. The number of hydrogen-bond donors (Lipinski definition) is 3. The molecule has 0 saturated carbocycles. The maximum Gasteiger partial charge on any atom is 0.261 e. The Morgan fingerprint density at radius 2 is 1.94 bits per heavy atom. The molecule has 1 amide bonds. The van der Waals surface area contributed by atoms with E-state index in [4.69, 9.17) is 16.3 Å². The lowest BCUT2D eigenvalue weighted by Gasteiger charge is -2.31. The number of nitrogens with zero attached hydrogens (tertiary/aromatic N) is 1. The first-order chi connectivity index (χ1) is 14.8. The molecule has 2 aromatic carbocycles. The van der Waals surface area contributed by atoms with Crippen LogP contribution in [0.5, 0.6) is 0 Å². The summed E-state index contributed by atoms with van der Waals surface area (Å²) in [6.45, 7) is 5.68. The third kappa shape index (κ3) is 5.88. The maximum absolute atomic E-state index is 12.8. The minimum atomic E-state index is -3.86. The first kappa shape index (κ1) is 23.3. The fourth-order valence-electron chi connectivity index (χ4n) is 3.28. The number of sulfonamides is 1. The van der Waals surface area contributed by atoms with E-state index < -0.39 is 10.0 Å². The van der Waals surface area contributed by atoms with Crippen LogP contribution in [0.4, 0.5) is 11.4 Å². The zero-order valence-corrected chi connectivity index (χ0v) is 19.1. The zero-order valence-electron chi connectivity index (χ0n) is 17.6. The van der Waals surface area contributed by atoms with E-state index in [0.29, 0.717) is 29.4 Å². The molecule has 3 rings (SSSR count). The molecule has 0 unspecified atom stereocenters. The van der Waals surface area contributed by atoms with Gasteiger partial charge in [0.05, 0.1) is 17.1 Å². The van der Waals surface area contributed by atoms with E-state index in [1.54, 1.807) is 38.3 Å². The summed E-state index contributed by atoms with van der Waals surface area (Å²) in [4.78, 5) is 15.0. The number of benzene rings is 2. The fraction of sp³-hybridized carbons (Fsp3) is 0.381. The molecular weight excluding hydrogens is 440 g/mol. The Labute approximate surface area is 188 Å². The first-order valence-electron chi connectivity index (χ1n) is 9.97. The van der Waals surface area contributed by atoms with Crippen LogP contribution in [-0.4, -0.2) is 60.8 Å². The van der Waals surface area contributed by atoms with Crippen LogP contribution in [-0.2, 0) is 14.8 Å². The largest absolute Gasteiger partial charge is 0.383 e. The summed E-state index contributed by atoms with van der Waals surface area (Å²) in [7, 11) is -2.30. The monoisotopic (exact) mass is 466 g/mol. The molecule has 0 atom stereocenters. The Bertz CT molecular complexity index is 1040. The van der Waals surface area contributed by atoms with Crippen LogP contribution >= 0.6 is 11.6 Å². The van der Waals surface area contributed by atoms with E-state index in [2.05, 4.69) is 20.3 Å². The molecule has 10 heteroatoms. The van der Waals surface area contributed by atoms with E-state index in [9.17, 15) is 13.2 Å². The van der Waals surface area contributed by atoms with Gasteiger partial charge in [-0.25, -0.2) is 8.42 Å². The van der Waals surface area contributed by atoms with Crippen molar-refractivity contribution in [3.63, 3.8) is 0 Å². The number of aryl methyl sites for hydroxylation is 1. The number of anilines is 2. The number of carbonyl (C=O) groups excluding carboxylic acids is 1. The first-order valence-corrected chi connectivity index (χ1v) is 11.8. The predicted molar refractivity (Wildman–Crippen MR) is 123 cm³/mol. The number of hydrogen-bond acceptors (Lipinski definition) is 6. The van der Waals surface area contributed by atoms with Gasteiger partial charge < -0.3 is 20.3 Å².